The molecule has 2 heterocycles. The lowest BCUT2D eigenvalue weighted by atomic mass is 9.95. The Kier molecular flexibility index (Phi) is 6.43. The van der Waals surface area contributed by atoms with Crippen molar-refractivity contribution in [3.8, 4) is 23.1 Å². The van der Waals surface area contributed by atoms with Gasteiger partial charge in [0.15, 0.2) is 11.0 Å². The molecule has 0 fully saturated rings. The van der Waals surface area contributed by atoms with E-state index in [-0.39, 0.29) is 11.7 Å². The second-order valence-corrected chi connectivity index (χ2v) is 9.60. The van der Waals surface area contributed by atoms with Gasteiger partial charge in [-0.25, -0.2) is 0 Å². The molecule has 1 amide bonds. The van der Waals surface area contributed by atoms with Gasteiger partial charge in [-0.15, -0.1) is 10.2 Å². The Labute approximate surface area is 208 Å². The number of hydrogen-bond donors (Lipinski definition) is 1. The van der Waals surface area contributed by atoms with Crippen LogP contribution in [-0.2, 0) is 24.7 Å². The maximum absolute atomic E-state index is 13.1. The fourth-order valence-corrected chi connectivity index (χ4v) is 5.40. The van der Waals surface area contributed by atoms with Crippen molar-refractivity contribution in [1.29, 1.82) is 5.26 Å². The molecule has 1 aliphatic carbocycles. The minimum Gasteiger partial charge on any atom is -0.310 e. The number of amides is 1. The second-order valence-electron chi connectivity index (χ2n) is 8.66. The van der Waals surface area contributed by atoms with E-state index in [1.54, 1.807) is 0 Å². The maximum Gasteiger partial charge on any atom is 0.236 e. The van der Waals surface area contributed by atoms with Crippen LogP contribution in [0.1, 0.15) is 35.2 Å². The van der Waals surface area contributed by atoms with Crippen LogP contribution in [-0.4, -0.2) is 31.0 Å². The summed E-state index contributed by atoms with van der Waals surface area (Å²) in [5.41, 5.74) is 5.84. The van der Waals surface area contributed by atoms with Gasteiger partial charge in [-0.2, -0.15) is 5.26 Å². The molecule has 1 aliphatic rings. The third-order valence-corrected chi connectivity index (χ3v) is 7.43. The molecule has 35 heavy (non-hydrogen) atoms. The van der Waals surface area contributed by atoms with Crippen molar-refractivity contribution in [2.75, 3.05) is 11.1 Å². The van der Waals surface area contributed by atoms with Crippen LogP contribution in [0.2, 0.25) is 0 Å². The predicted octanol–water partition coefficient (Wildman–Crippen LogP) is 5.06. The molecule has 0 aliphatic heterocycles. The zero-order valence-corrected chi connectivity index (χ0v) is 20.6. The van der Waals surface area contributed by atoms with Gasteiger partial charge in [0, 0.05) is 24.0 Å². The molecule has 0 bridgehead atoms. The number of thioether (sulfide) groups is 1. The predicted molar refractivity (Wildman–Crippen MR) is 138 cm³/mol. The molecule has 4 aromatic rings. The number of aryl methyl sites for hydroxylation is 1. The summed E-state index contributed by atoms with van der Waals surface area (Å²) in [6.07, 6.45) is 3.88. The number of anilines is 1. The molecule has 2 aromatic carbocycles. The fraction of sp³-hybridized carbons (Fsp3) is 0.259. The summed E-state index contributed by atoms with van der Waals surface area (Å²) in [7, 11) is 1.91. The summed E-state index contributed by atoms with van der Waals surface area (Å²) >= 11 is 1.33. The van der Waals surface area contributed by atoms with E-state index in [0.717, 1.165) is 59.6 Å². The average Bonchev–Trinajstić information content (AvgIpc) is 3.40. The minimum atomic E-state index is -0.182. The Morgan fingerprint density at radius 3 is 2.60 bits per heavy atom. The summed E-state index contributed by atoms with van der Waals surface area (Å²) in [4.78, 5) is 13.1. The normalized spacial score (nSPS) is 12.7. The zero-order valence-electron chi connectivity index (χ0n) is 19.8. The van der Waals surface area contributed by atoms with Crippen molar-refractivity contribution in [3.63, 3.8) is 0 Å². The number of benzene rings is 2. The Balaban J connectivity index is 1.39. The topological polar surface area (TPSA) is 88.5 Å². The average molecular weight is 483 g/mol. The number of para-hydroxylation sites is 1. The molecule has 0 unspecified atom stereocenters. The third kappa shape index (κ3) is 4.35. The van der Waals surface area contributed by atoms with Gasteiger partial charge < -0.3 is 9.88 Å². The van der Waals surface area contributed by atoms with E-state index in [1.165, 1.54) is 11.8 Å². The van der Waals surface area contributed by atoms with Crippen LogP contribution in [0.5, 0.6) is 0 Å². The Bertz CT molecular complexity index is 1430. The van der Waals surface area contributed by atoms with E-state index in [1.807, 2.05) is 77.7 Å². The molecular weight excluding hydrogens is 456 g/mol. The number of nitriles is 1. The van der Waals surface area contributed by atoms with Gasteiger partial charge in [0.25, 0.3) is 0 Å². The van der Waals surface area contributed by atoms with Crippen LogP contribution in [0.25, 0.3) is 17.1 Å². The van der Waals surface area contributed by atoms with Crippen molar-refractivity contribution in [2.24, 2.45) is 7.05 Å². The van der Waals surface area contributed by atoms with Crippen LogP contribution in [0.4, 0.5) is 5.82 Å². The standard InChI is InChI=1S/C27H26N6OS/c1-18-10-6-7-13-20(18)26-30-31-27(32(26)2)35-17-24(34)29-25-22(16-28)21-14-8-9-15-23(21)33(25)19-11-4-3-5-12-19/h3-7,10-13H,8-9,14-15,17H2,1-2H3,(H,29,34). The van der Waals surface area contributed by atoms with E-state index in [2.05, 4.69) is 21.6 Å². The molecule has 0 atom stereocenters. The van der Waals surface area contributed by atoms with E-state index >= 15 is 0 Å². The smallest absolute Gasteiger partial charge is 0.236 e. The van der Waals surface area contributed by atoms with E-state index < -0.39 is 0 Å². The molecule has 0 saturated heterocycles. The molecule has 0 spiro atoms. The Hall–Kier alpha value is -3.83. The number of aromatic nitrogens is 4. The summed E-state index contributed by atoms with van der Waals surface area (Å²) in [5, 5.41) is 22.3. The van der Waals surface area contributed by atoms with Crippen molar-refractivity contribution < 1.29 is 4.79 Å². The van der Waals surface area contributed by atoms with Gasteiger partial charge in [0.1, 0.15) is 11.9 Å². The van der Waals surface area contributed by atoms with E-state index in [9.17, 15) is 10.1 Å². The number of fused-ring (bicyclic) bond motifs is 1. The van der Waals surface area contributed by atoms with Gasteiger partial charge in [-0.05, 0) is 55.9 Å². The third-order valence-electron chi connectivity index (χ3n) is 6.41. The molecule has 5 rings (SSSR count). The van der Waals surface area contributed by atoms with Crippen LogP contribution >= 0.6 is 11.8 Å². The van der Waals surface area contributed by atoms with Gasteiger partial charge in [-0.3, -0.25) is 9.36 Å². The SMILES string of the molecule is Cc1ccccc1-c1nnc(SCC(=O)Nc2c(C#N)c3c(n2-c2ccccc2)CCCC3)n1C. The van der Waals surface area contributed by atoms with Crippen LogP contribution < -0.4 is 5.32 Å². The van der Waals surface area contributed by atoms with Crippen molar-refractivity contribution >= 4 is 23.5 Å². The van der Waals surface area contributed by atoms with Gasteiger partial charge in [0.2, 0.25) is 5.91 Å². The second kappa shape index (κ2) is 9.80. The highest BCUT2D eigenvalue weighted by molar-refractivity contribution is 7.99. The fourth-order valence-electron chi connectivity index (χ4n) is 4.69. The highest BCUT2D eigenvalue weighted by Gasteiger charge is 2.27. The van der Waals surface area contributed by atoms with Gasteiger partial charge in [-0.1, -0.05) is 54.2 Å². The number of hydrogen-bond acceptors (Lipinski definition) is 5. The number of rotatable bonds is 6. The van der Waals surface area contributed by atoms with E-state index in [4.69, 9.17) is 0 Å². The van der Waals surface area contributed by atoms with Crippen molar-refractivity contribution in [3.05, 3.63) is 77.0 Å². The molecular formula is C27H26N6OS. The summed E-state index contributed by atoms with van der Waals surface area (Å²) < 4.78 is 3.96. The lowest BCUT2D eigenvalue weighted by Gasteiger charge is -2.17. The molecule has 2 aromatic heterocycles. The quantitative estimate of drug-likeness (QED) is 0.388. The molecule has 176 valence electrons. The Morgan fingerprint density at radius 1 is 1.09 bits per heavy atom. The van der Waals surface area contributed by atoms with Crippen LogP contribution in [0.3, 0.4) is 0 Å². The molecule has 0 radical (unpaired) electrons. The largest absolute Gasteiger partial charge is 0.310 e. The van der Waals surface area contributed by atoms with Gasteiger partial charge >= 0.3 is 0 Å². The first kappa shape index (κ1) is 22.9. The lowest BCUT2D eigenvalue weighted by molar-refractivity contribution is -0.113. The molecule has 7 nitrogen and oxygen atoms in total. The highest BCUT2D eigenvalue weighted by atomic mass is 32.2. The van der Waals surface area contributed by atoms with Crippen LogP contribution in [0, 0.1) is 18.3 Å². The van der Waals surface area contributed by atoms with E-state index in [0.29, 0.717) is 16.5 Å². The molecule has 8 heteroatoms. The summed E-state index contributed by atoms with van der Waals surface area (Å²) in [6, 6.07) is 20.3. The van der Waals surface area contributed by atoms with Crippen molar-refractivity contribution in [2.45, 2.75) is 37.8 Å². The van der Waals surface area contributed by atoms with Crippen molar-refractivity contribution in [1.82, 2.24) is 19.3 Å². The number of nitrogens with one attached hydrogen (secondary N) is 1. The summed E-state index contributed by atoms with van der Waals surface area (Å²) in [6.45, 7) is 2.04. The lowest BCUT2D eigenvalue weighted by Crippen LogP contribution is -2.18. The first-order chi connectivity index (χ1) is 17.1. The minimum absolute atomic E-state index is 0.162. The zero-order chi connectivity index (χ0) is 24.4. The molecule has 1 N–H and O–H groups in total. The number of nitrogens with zero attached hydrogens (tertiary/aromatic N) is 5. The highest BCUT2D eigenvalue weighted by Crippen LogP contribution is 2.36. The number of carbonyl (C=O) groups is 1. The number of carbonyl (C=O) groups excluding carboxylic acids is 1. The first-order valence-electron chi connectivity index (χ1n) is 11.7. The molecule has 0 saturated carbocycles. The maximum atomic E-state index is 13.1. The summed E-state index contributed by atoms with van der Waals surface area (Å²) in [5.74, 6) is 1.31. The van der Waals surface area contributed by atoms with Gasteiger partial charge in [0.05, 0.1) is 11.3 Å². The Morgan fingerprint density at radius 2 is 1.83 bits per heavy atom. The monoisotopic (exact) mass is 482 g/mol. The van der Waals surface area contributed by atoms with Crippen LogP contribution in [0.15, 0.2) is 59.8 Å². The first-order valence-corrected chi connectivity index (χ1v) is 12.7.